The van der Waals surface area contributed by atoms with Crippen molar-refractivity contribution in [3.8, 4) is 0 Å². The van der Waals surface area contributed by atoms with Gasteiger partial charge in [-0.3, -0.25) is 14.9 Å². The molecule has 0 fully saturated rings. The van der Waals surface area contributed by atoms with Gasteiger partial charge in [0.2, 0.25) is 5.91 Å². The van der Waals surface area contributed by atoms with E-state index >= 15 is 0 Å². The molecule has 0 radical (unpaired) electrons. The average Bonchev–Trinajstić information content (AvgIpc) is 2.60. The molecule has 10 heteroatoms. The zero-order valence-corrected chi connectivity index (χ0v) is 15.6. The van der Waals surface area contributed by atoms with Crippen molar-refractivity contribution in [1.82, 2.24) is 4.90 Å². The van der Waals surface area contributed by atoms with E-state index in [9.17, 15) is 28.1 Å². The first-order valence-electron chi connectivity index (χ1n) is 7.55. The highest BCUT2D eigenvalue weighted by atomic mass is 35.5. The Morgan fingerprint density at radius 2 is 1.93 bits per heavy atom. The number of alkyl halides is 3. The highest BCUT2D eigenvalue weighted by molar-refractivity contribution is 8.00. The van der Waals surface area contributed by atoms with Gasteiger partial charge in [0, 0.05) is 24.7 Å². The molecule has 0 saturated carbocycles. The predicted molar refractivity (Wildman–Crippen MR) is 96.7 cm³/mol. The smallest absolute Gasteiger partial charge is 0.341 e. The lowest BCUT2D eigenvalue weighted by atomic mass is 10.2. The van der Waals surface area contributed by atoms with Gasteiger partial charge in [0.25, 0.3) is 5.69 Å². The molecule has 0 bridgehead atoms. The molecule has 0 aliphatic carbocycles. The summed E-state index contributed by atoms with van der Waals surface area (Å²) in [6, 6.07) is 9.23. The van der Waals surface area contributed by atoms with Gasteiger partial charge in [0.05, 0.1) is 21.1 Å². The fourth-order valence-corrected chi connectivity index (χ4v) is 3.32. The summed E-state index contributed by atoms with van der Waals surface area (Å²) >= 11 is 6.86. The fourth-order valence-electron chi connectivity index (χ4n) is 2.18. The van der Waals surface area contributed by atoms with Gasteiger partial charge in [-0.15, -0.1) is 11.8 Å². The van der Waals surface area contributed by atoms with Crippen LogP contribution in [0, 0.1) is 10.1 Å². The predicted octanol–water partition coefficient (Wildman–Crippen LogP) is 5.02. The van der Waals surface area contributed by atoms with Crippen LogP contribution in [0.25, 0.3) is 0 Å². The largest absolute Gasteiger partial charge is 0.416 e. The van der Waals surface area contributed by atoms with Crippen molar-refractivity contribution in [2.45, 2.75) is 17.6 Å². The molecule has 0 N–H and O–H groups in total. The lowest BCUT2D eigenvalue weighted by Gasteiger charge is -2.18. The van der Waals surface area contributed by atoms with Gasteiger partial charge in [0.15, 0.2) is 0 Å². The topological polar surface area (TPSA) is 63.5 Å². The van der Waals surface area contributed by atoms with Crippen LogP contribution in [0.3, 0.4) is 0 Å². The minimum atomic E-state index is -4.68. The maximum Gasteiger partial charge on any atom is 0.416 e. The van der Waals surface area contributed by atoms with E-state index in [0.29, 0.717) is 11.1 Å². The van der Waals surface area contributed by atoms with Gasteiger partial charge in [0.1, 0.15) is 0 Å². The van der Waals surface area contributed by atoms with E-state index in [1.165, 1.54) is 4.90 Å². The Morgan fingerprint density at radius 1 is 1.26 bits per heavy atom. The first-order chi connectivity index (χ1) is 12.6. The van der Waals surface area contributed by atoms with Crippen LogP contribution in [0.15, 0.2) is 47.4 Å². The van der Waals surface area contributed by atoms with Gasteiger partial charge in [-0.1, -0.05) is 29.8 Å². The minimum Gasteiger partial charge on any atom is -0.341 e. The van der Waals surface area contributed by atoms with Crippen molar-refractivity contribution < 1.29 is 22.9 Å². The molecule has 5 nitrogen and oxygen atoms in total. The van der Waals surface area contributed by atoms with Crippen molar-refractivity contribution in [3.05, 3.63) is 68.7 Å². The Kier molecular flexibility index (Phi) is 6.72. The number of carbonyl (C=O) groups excluding carboxylic acids is 1. The molecule has 2 rings (SSSR count). The molecule has 0 aliphatic heterocycles. The number of halogens is 4. The summed E-state index contributed by atoms with van der Waals surface area (Å²) in [7, 11) is 1.55. The van der Waals surface area contributed by atoms with Crippen LogP contribution < -0.4 is 0 Å². The van der Waals surface area contributed by atoms with Crippen LogP contribution >= 0.6 is 23.4 Å². The van der Waals surface area contributed by atoms with E-state index in [4.69, 9.17) is 11.6 Å². The summed E-state index contributed by atoms with van der Waals surface area (Å²) in [5.74, 6) is -0.498. The zero-order valence-electron chi connectivity index (χ0n) is 14.0. The highest BCUT2D eigenvalue weighted by Crippen LogP contribution is 2.36. The zero-order chi connectivity index (χ0) is 20.2. The monoisotopic (exact) mass is 418 g/mol. The van der Waals surface area contributed by atoms with E-state index in [1.807, 2.05) is 0 Å². The molecule has 0 aliphatic rings. The number of hydrogen-bond donors (Lipinski definition) is 0. The van der Waals surface area contributed by atoms with E-state index in [1.54, 1.807) is 31.3 Å². The van der Waals surface area contributed by atoms with Crippen molar-refractivity contribution in [3.63, 3.8) is 0 Å². The molecule has 0 spiro atoms. The quantitative estimate of drug-likeness (QED) is 0.375. The summed E-state index contributed by atoms with van der Waals surface area (Å²) in [6.07, 6.45) is -4.68. The maximum absolute atomic E-state index is 12.7. The number of carbonyl (C=O) groups is 1. The average molecular weight is 419 g/mol. The van der Waals surface area contributed by atoms with Gasteiger partial charge >= 0.3 is 6.18 Å². The second-order valence-electron chi connectivity index (χ2n) is 5.57. The van der Waals surface area contributed by atoms with Crippen molar-refractivity contribution >= 4 is 35.0 Å². The van der Waals surface area contributed by atoms with Crippen LogP contribution in [0.5, 0.6) is 0 Å². The third-order valence-electron chi connectivity index (χ3n) is 3.63. The van der Waals surface area contributed by atoms with E-state index in [0.717, 1.165) is 29.5 Å². The number of nitrogens with zero attached hydrogens (tertiary/aromatic N) is 2. The van der Waals surface area contributed by atoms with E-state index in [2.05, 4.69) is 0 Å². The number of hydrogen-bond acceptors (Lipinski definition) is 4. The summed E-state index contributed by atoms with van der Waals surface area (Å²) in [5, 5.41) is 11.6. The van der Waals surface area contributed by atoms with Crippen molar-refractivity contribution in [2.24, 2.45) is 0 Å². The molecule has 2 aromatic carbocycles. The number of amides is 1. The molecule has 0 aromatic heterocycles. The summed E-state index contributed by atoms with van der Waals surface area (Å²) in [6.45, 7) is 0.244. The number of benzene rings is 2. The lowest BCUT2D eigenvalue weighted by molar-refractivity contribution is -0.388. The third-order valence-corrected chi connectivity index (χ3v) is 5.04. The first kappa shape index (κ1) is 21.0. The molecule has 0 saturated heterocycles. The van der Waals surface area contributed by atoms with Gasteiger partial charge in [-0.25, -0.2) is 0 Å². The Labute approximate surface area is 162 Å². The van der Waals surface area contributed by atoms with E-state index < -0.39 is 22.4 Å². The molecule has 144 valence electrons. The second kappa shape index (κ2) is 8.62. The Hall–Kier alpha value is -2.26. The number of rotatable bonds is 6. The minimum absolute atomic E-state index is 0.00695. The van der Waals surface area contributed by atoms with E-state index in [-0.39, 0.29) is 23.1 Å². The second-order valence-corrected chi connectivity index (χ2v) is 6.99. The normalized spacial score (nSPS) is 11.3. The molecule has 0 atom stereocenters. The summed E-state index contributed by atoms with van der Waals surface area (Å²) in [4.78, 5) is 23.8. The van der Waals surface area contributed by atoms with Crippen molar-refractivity contribution in [2.75, 3.05) is 12.8 Å². The van der Waals surface area contributed by atoms with Gasteiger partial charge in [-0.05, 0) is 23.8 Å². The first-order valence-corrected chi connectivity index (χ1v) is 8.91. The highest BCUT2D eigenvalue weighted by Gasteiger charge is 2.33. The van der Waals surface area contributed by atoms with Crippen LogP contribution in [0.4, 0.5) is 18.9 Å². The molecule has 2 aromatic rings. The van der Waals surface area contributed by atoms with Gasteiger partial charge < -0.3 is 4.90 Å². The lowest BCUT2D eigenvalue weighted by Crippen LogP contribution is -2.27. The van der Waals surface area contributed by atoms with Gasteiger partial charge in [-0.2, -0.15) is 13.2 Å². The molecular weight excluding hydrogens is 405 g/mol. The van der Waals surface area contributed by atoms with Crippen LogP contribution in [0.1, 0.15) is 11.1 Å². The molecular formula is C17H14ClF3N2O3S. The summed E-state index contributed by atoms with van der Waals surface area (Å²) in [5.41, 5.74) is -1.06. The number of nitro groups is 1. The summed E-state index contributed by atoms with van der Waals surface area (Å²) < 4.78 is 38.2. The SMILES string of the molecule is CN(Cc1ccccc1Cl)C(=O)CSc1ccc(C(F)(F)F)cc1[N+](=O)[O-]. The number of nitro benzene ring substituents is 1. The molecule has 27 heavy (non-hydrogen) atoms. The Balaban J connectivity index is 2.08. The Bertz CT molecular complexity index is 862. The standard InChI is InChI=1S/C17H14ClF3N2O3S/c1-22(9-11-4-2-3-5-13(11)18)16(24)10-27-15-7-6-12(17(19,20)21)8-14(15)23(25)26/h2-8H,9-10H2,1H3. The van der Waals surface area contributed by atoms with Crippen LogP contribution in [-0.2, 0) is 17.5 Å². The molecule has 1 amide bonds. The van der Waals surface area contributed by atoms with Crippen molar-refractivity contribution in [1.29, 1.82) is 0 Å². The number of thioether (sulfide) groups is 1. The van der Waals surface area contributed by atoms with Crippen LogP contribution in [-0.4, -0.2) is 28.5 Å². The Morgan fingerprint density at radius 3 is 2.52 bits per heavy atom. The maximum atomic E-state index is 12.7. The van der Waals surface area contributed by atoms with Crippen LogP contribution in [0.2, 0.25) is 5.02 Å². The third kappa shape index (κ3) is 5.61. The molecule has 0 unspecified atom stereocenters. The molecule has 0 heterocycles. The fraction of sp³-hybridized carbons (Fsp3) is 0.235.